The van der Waals surface area contributed by atoms with Gasteiger partial charge in [-0.25, -0.2) is 14.1 Å². The maximum absolute atomic E-state index is 13.8. The number of rotatable bonds is 3. The third-order valence-electron chi connectivity index (χ3n) is 5.02. The van der Waals surface area contributed by atoms with E-state index in [0.717, 1.165) is 5.82 Å². The van der Waals surface area contributed by atoms with Crippen LogP contribution < -0.4 is 0 Å². The summed E-state index contributed by atoms with van der Waals surface area (Å²) in [6.45, 7) is 0.202. The van der Waals surface area contributed by atoms with Crippen LogP contribution in [-0.2, 0) is 13.0 Å². The van der Waals surface area contributed by atoms with Crippen LogP contribution in [-0.4, -0.2) is 43.2 Å². The predicted octanol–water partition coefficient (Wildman–Crippen LogP) is 3.29. The zero-order chi connectivity index (χ0) is 19.8. The summed E-state index contributed by atoms with van der Waals surface area (Å²) in [6, 6.07) is 4.47. The van der Waals surface area contributed by atoms with Gasteiger partial charge < -0.3 is 9.47 Å². The van der Waals surface area contributed by atoms with Gasteiger partial charge in [0.2, 0.25) is 0 Å². The van der Waals surface area contributed by atoms with Crippen molar-refractivity contribution in [3.8, 4) is 11.3 Å². The van der Waals surface area contributed by atoms with E-state index in [1.54, 1.807) is 24.1 Å². The fourth-order valence-electron chi connectivity index (χ4n) is 3.45. The molecular weight excluding hydrogens is 371 g/mol. The number of hydrogen-bond donors (Lipinski definition) is 0. The lowest BCUT2D eigenvalue weighted by Gasteiger charge is -2.21. The van der Waals surface area contributed by atoms with Crippen molar-refractivity contribution in [1.82, 2.24) is 24.2 Å². The number of hydrogen-bond acceptors (Lipinski definition) is 3. The summed E-state index contributed by atoms with van der Waals surface area (Å²) < 4.78 is 41.9. The van der Waals surface area contributed by atoms with E-state index in [2.05, 4.69) is 10.1 Å². The molecule has 0 N–H and O–H groups in total. The van der Waals surface area contributed by atoms with Crippen molar-refractivity contribution in [2.75, 3.05) is 13.1 Å². The summed E-state index contributed by atoms with van der Waals surface area (Å²) in [5, 5.41) is 3.67. The van der Waals surface area contributed by atoms with E-state index in [1.807, 2.05) is 4.57 Å². The molecule has 0 unspecified atom stereocenters. The highest BCUT2D eigenvalue weighted by Gasteiger charge is 2.24. The number of fused-ring (bicyclic) bond motifs is 1. The minimum atomic E-state index is -2.71. The number of alkyl halides is 2. The van der Waals surface area contributed by atoms with Gasteiger partial charge in [0, 0.05) is 43.4 Å². The van der Waals surface area contributed by atoms with Crippen molar-refractivity contribution in [2.45, 2.75) is 26.4 Å². The highest BCUT2D eigenvalue weighted by atomic mass is 19.3. The lowest BCUT2D eigenvalue weighted by molar-refractivity contribution is 0.0566. The minimum absolute atomic E-state index is 0.227. The first-order valence-corrected chi connectivity index (χ1v) is 8.87. The van der Waals surface area contributed by atoms with Crippen LogP contribution in [0.4, 0.5) is 13.2 Å². The highest BCUT2D eigenvalue weighted by Crippen LogP contribution is 2.24. The maximum Gasteiger partial charge on any atom is 0.333 e. The first-order chi connectivity index (χ1) is 13.5. The molecule has 1 amide bonds. The molecule has 146 valence electrons. The molecule has 1 aliphatic rings. The van der Waals surface area contributed by atoms with E-state index in [-0.39, 0.29) is 5.91 Å². The van der Waals surface area contributed by atoms with Crippen molar-refractivity contribution in [3.05, 3.63) is 59.6 Å². The van der Waals surface area contributed by atoms with Crippen molar-refractivity contribution in [1.29, 1.82) is 0 Å². The second-order valence-electron chi connectivity index (χ2n) is 6.65. The number of carbonyl (C=O) groups is 1. The van der Waals surface area contributed by atoms with Crippen LogP contribution >= 0.6 is 0 Å². The van der Waals surface area contributed by atoms with Crippen molar-refractivity contribution >= 4 is 5.91 Å². The van der Waals surface area contributed by atoms with Gasteiger partial charge in [0.05, 0.1) is 18.1 Å². The van der Waals surface area contributed by atoms with Gasteiger partial charge >= 0.3 is 6.55 Å². The van der Waals surface area contributed by atoms with E-state index in [0.29, 0.717) is 53.1 Å². The number of aromatic nitrogens is 4. The molecule has 0 radical (unpaired) electrons. The molecular formula is C19H18F3N5O. The summed E-state index contributed by atoms with van der Waals surface area (Å²) in [7, 11) is 0. The molecule has 3 heterocycles. The third-order valence-corrected chi connectivity index (χ3v) is 5.02. The number of halogens is 3. The molecule has 0 aliphatic carbocycles. The summed E-state index contributed by atoms with van der Waals surface area (Å²) >= 11 is 0. The van der Waals surface area contributed by atoms with Crippen LogP contribution in [0.1, 0.15) is 28.3 Å². The molecule has 3 aromatic rings. The normalized spacial score (nSPS) is 14.2. The fraction of sp³-hybridized carbons (Fsp3) is 0.316. The molecule has 1 aromatic carbocycles. The molecule has 6 nitrogen and oxygen atoms in total. The summed E-state index contributed by atoms with van der Waals surface area (Å²) in [5.74, 6) is 0.132. The van der Waals surface area contributed by atoms with Gasteiger partial charge in [-0.3, -0.25) is 4.79 Å². The molecule has 0 saturated carbocycles. The Labute approximate surface area is 159 Å². The Bertz CT molecular complexity index is 1030. The lowest BCUT2D eigenvalue weighted by Crippen LogP contribution is -2.34. The van der Waals surface area contributed by atoms with Crippen LogP contribution in [0.5, 0.6) is 0 Å². The maximum atomic E-state index is 13.8. The largest absolute Gasteiger partial charge is 0.336 e. The van der Waals surface area contributed by atoms with Gasteiger partial charge in [-0.15, -0.1) is 0 Å². The monoisotopic (exact) mass is 389 g/mol. The Balaban J connectivity index is 1.57. The second kappa shape index (κ2) is 7.14. The van der Waals surface area contributed by atoms with Gasteiger partial charge in [-0.2, -0.15) is 13.9 Å². The Morgan fingerprint density at radius 1 is 1.18 bits per heavy atom. The van der Waals surface area contributed by atoms with Crippen LogP contribution in [0.25, 0.3) is 11.3 Å². The molecule has 28 heavy (non-hydrogen) atoms. The Morgan fingerprint density at radius 3 is 2.75 bits per heavy atom. The fourth-order valence-corrected chi connectivity index (χ4v) is 3.45. The van der Waals surface area contributed by atoms with Crippen LogP contribution in [0, 0.1) is 12.7 Å². The second-order valence-corrected chi connectivity index (χ2v) is 6.65. The number of benzene rings is 1. The summed E-state index contributed by atoms with van der Waals surface area (Å²) in [4.78, 5) is 18.9. The first-order valence-electron chi connectivity index (χ1n) is 8.87. The molecule has 0 atom stereocenters. The molecule has 0 bridgehead atoms. The zero-order valence-corrected chi connectivity index (χ0v) is 15.1. The van der Waals surface area contributed by atoms with Gasteiger partial charge in [0.15, 0.2) is 0 Å². The Morgan fingerprint density at radius 2 is 2.00 bits per heavy atom. The zero-order valence-electron chi connectivity index (χ0n) is 15.1. The summed E-state index contributed by atoms with van der Waals surface area (Å²) in [5.41, 5.74) is 1.89. The van der Waals surface area contributed by atoms with Crippen LogP contribution in [0.2, 0.25) is 0 Å². The van der Waals surface area contributed by atoms with Gasteiger partial charge in [-0.1, -0.05) is 6.07 Å². The molecule has 2 aromatic heterocycles. The van der Waals surface area contributed by atoms with Crippen LogP contribution in [0.3, 0.4) is 0 Å². The molecule has 0 fully saturated rings. The number of imidazole rings is 1. The van der Waals surface area contributed by atoms with E-state index in [1.165, 1.54) is 24.5 Å². The van der Waals surface area contributed by atoms with Gasteiger partial charge in [-0.05, 0) is 24.6 Å². The SMILES string of the molecule is Cc1c(F)cccc1C(=O)N1CCc2ncc(-c3cnn(C(F)F)c3)n2CC1. The Kier molecular flexibility index (Phi) is 4.66. The van der Waals surface area contributed by atoms with Crippen molar-refractivity contribution in [2.24, 2.45) is 0 Å². The van der Waals surface area contributed by atoms with E-state index in [4.69, 9.17) is 0 Å². The molecule has 0 spiro atoms. The highest BCUT2D eigenvalue weighted by molar-refractivity contribution is 5.95. The third kappa shape index (κ3) is 3.17. The topological polar surface area (TPSA) is 56.0 Å². The molecule has 4 rings (SSSR count). The predicted molar refractivity (Wildman–Crippen MR) is 95.4 cm³/mol. The molecule has 9 heteroatoms. The smallest absolute Gasteiger partial charge is 0.333 e. The van der Waals surface area contributed by atoms with E-state index >= 15 is 0 Å². The van der Waals surface area contributed by atoms with Crippen LogP contribution in [0.15, 0.2) is 36.8 Å². The molecule has 1 aliphatic heterocycles. The minimum Gasteiger partial charge on any atom is -0.336 e. The first kappa shape index (κ1) is 18.3. The summed E-state index contributed by atoms with van der Waals surface area (Å²) in [6.07, 6.45) is 4.80. The number of nitrogens with zero attached hydrogens (tertiary/aromatic N) is 5. The van der Waals surface area contributed by atoms with Crippen molar-refractivity contribution in [3.63, 3.8) is 0 Å². The average molecular weight is 389 g/mol. The quantitative estimate of drug-likeness (QED) is 0.691. The lowest BCUT2D eigenvalue weighted by atomic mass is 10.1. The van der Waals surface area contributed by atoms with Gasteiger partial charge in [0.25, 0.3) is 5.91 Å². The number of amides is 1. The van der Waals surface area contributed by atoms with E-state index < -0.39 is 12.4 Å². The Hall–Kier alpha value is -3.10. The standard InChI is InChI=1S/C19H18F3N5O/c1-12-14(3-2-4-15(12)20)18(28)25-6-5-17-23-10-16(26(17)8-7-25)13-9-24-27(11-13)19(21)22/h2-4,9-11,19H,5-8H2,1H3. The number of carbonyl (C=O) groups excluding carboxylic acids is 1. The molecule has 0 saturated heterocycles. The van der Waals surface area contributed by atoms with Crippen molar-refractivity contribution < 1.29 is 18.0 Å². The van der Waals surface area contributed by atoms with E-state index in [9.17, 15) is 18.0 Å². The average Bonchev–Trinajstić information content (AvgIpc) is 3.26. The van der Waals surface area contributed by atoms with Gasteiger partial charge in [0.1, 0.15) is 11.6 Å².